The molecule has 15 nitrogen and oxygen atoms in total. The summed E-state index contributed by atoms with van der Waals surface area (Å²) in [5.41, 5.74) is -1.69. The summed E-state index contributed by atoms with van der Waals surface area (Å²) in [4.78, 5) is 96.3. The lowest BCUT2D eigenvalue weighted by atomic mass is 9.85. The molecule has 5 N–H and O–H groups in total. The Hall–Kier alpha value is -4.82. The molecule has 0 aliphatic carbocycles. The Morgan fingerprint density at radius 1 is 0.962 bits per heavy atom. The Bertz CT molecular complexity index is 1500. The van der Waals surface area contributed by atoms with E-state index in [2.05, 4.69) is 39.6 Å². The lowest BCUT2D eigenvalue weighted by molar-refractivity contribution is -0.143. The van der Waals surface area contributed by atoms with Crippen molar-refractivity contribution in [2.75, 3.05) is 19.6 Å². The van der Waals surface area contributed by atoms with Gasteiger partial charge < -0.3 is 31.4 Å². The number of carbonyl (C=O) groups excluding carboxylic acids is 7. The summed E-state index contributed by atoms with van der Waals surface area (Å²) in [5.74, 6) is -3.99. The van der Waals surface area contributed by atoms with E-state index in [1.807, 2.05) is 41.5 Å². The summed E-state index contributed by atoms with van der Waals surface area (Å²) < 4.78 is 0. The molecule has 0 saturated carbocycles. The number of Topliss-reactive ketones (excluding diaryl/α,β-unsaturated/α-hetero) is 1. The number of nitrogens with one attached hydrogen (secondary N) is 4. The van der Waals surface area contributed by atoms with Gasteiger partial charge in [0.15, 0.2) is 0 Å². The number of ketones is 1. The molecule has 0 spiro atoms. The maximum Gasteiger partial charge on any atom is 0.315 e. The fraction of sp³-hybridized carbons (Fsp3) is 0.632. The van der Waals surface area contributed by atoms with Crippen LogP contribution in [0.4, 0.5) is 4.79 Å². The van der Waals surface area contributed by atoms with Gasteiger partial charge >= 0.3 is 6.03 Å². The van der Waals surface area contributed by atoms with Crippen LogP contribution in [0, 0.1) is 22.7 Å². The molecule has 0 radical (unpaired) electrons. The van der Waals surface area contributed by atoms with Crippen LogP contribution in [-0.4, -0.2) is 106 Å². The van der Waals surface area contributed by atoms with Crippen LogP contribution in [0.3, 0.4) is 0 Å². The van der Waals surface area contributed by atoms with Crippen LogP contribution in [-0.2, 0) is 28.8 Å². The van der Waals surface area contributed by atoms with Crippen LogP contribution in [0.5, 0.6) is 0 Å². The van der Waals surface area contributed by atoms with E-state index in [1.165, 1.54) is 17.1 Å². The maximum atomic E-state index is 14.5. The molecule has 0 aromatic carbocycles. The minimum Gasteiger partial charge on any atom is -0.411 e. The molecule has 15 heteroatoms. The molecule has 294 valence electrons. The second-order valence-corrected chi connectivity index (χ2v) is 16.1. The van der Waals surface area contributed by atoms with E-state index >= 15 is 0 Å². The molecule has 0 bridgehead atoms. The monoisotopic (exact) mass is 741 g/mol. The number of oxime groups is 1. The van der Waals surface area contributed by atoms with E-state index < -0.39 is 76.3 Å². The molecule has 5 atom stereocenters. The predicted octanol–water partition coefficient (Wildman–Crippen LogP) is 2.85. The molecular formula is C38H59N7O8. The van der Waals surface area contributed by atoms with E-state index in [4.69, 9.17) is 5.21 Å². The van der Waals surface area contributed by atoms with E-state index in [-0.39, 0.29) is 49.0 Å². The minimum atomic E-state index is -1.12. The average molecular weight is 742 g/mol. The highest BCUT2D eigenvalue weighted by Gasteiger charge is 2.47. The number of nitrogens with zero attached hydrogens (tertiary/aromatic N) is 3. The number of carbonyl (C=O) groups is 7. The van der Waals surface area contributed by atoms with Crippen molar-refractivity contribution >= 4 is 47.6 Å². The molecule has 0 aromatic rings. The number of rotatable bonds is 17. The number of unbranched alkanes of at least 4 members (excludes halogenated alkanes) is 1. The third-order valence-corrected chi connectivity index (χ3v) is 9.71. The second kappa shape index (κ2) is 18.8. The minimum absolute atomic E-state index is 0.0378. The van der Waals surface area contributed by atoms with Crippen molar-refractivity contribution in [3.63, 3.8) is 0 Å². The largest absolute Gasteiger partial charge is 0.411 e. The molecule has 1 saturated heterocycles. The van der Waals surface area contributed by atoms with Gasteiger partial charge in [-0.15, -0.1) is 6.58 Å². The van der Waals surface area contributed by atoms with E-state index in [0.717, 1.165) is 17.5 Å². The van der Waals surface area contributed by atoms with Crippen LogP contribution < -0.4 is 21.3 Å². The SMILES string of the molecule is C=CCNC(=O)C(=O)C(CCCC)NC(=O)[C@@H]1C[C@@H](C(C)C)CN1C(=O)[C@@H](NC(=O)N[C@H](CN1C(=O)C(C=C)=C(/C=N/O)C1=O)C(C)(C)C)C(C)(C)C. The molecule has 53 heavy (non-hydrogen) atoms. The zero-order chi connectivity index (χ0) is 40.4. The summed E-state index contributed by atoms with van der Waals surface area (Å²) in [6.07, 6.45) is 5.38. The van der Waals surface area contributed by atoms with Gasteiger partial charge in [0, 0.05) is 13.1 Å². The highest BCUT2D eigenvalue weighted by molar-refractivity contribution is 6.38. The first kappa shape index (κ1) is 44.3. The van der Waals surface area contributed by atoms with Crippen LogP contribution in [0.1, 0.15) is 88.0 Å². The number of amides is 7. The summed E-state index contributed by atoms with van der Waals surface area (Å²) in [7, 11) is 0. The number of likely N-dealkylation sites (tertiary alicyclic amines) is 1. The smallest absolute Gasteiger partial charge is 0.315 e. The Morgan fingerprint density at radius 2 is 1.58 bits per heavy atom. The topological polar surface area (TPSA) is 207 Å². The summed E-state index contributed by atoms with van der Waals surface area (Å²) in [6, 6.07) is -4.70. The Balaban J connectivity index is 2.37. The Labute approximate surface area is 313 Å². The molecule has 2 aliphatic rings. The standard InChI is InChI=1S/C38H59N7O8/c1-12-15-16-26(29(46)32(48)39-17-13-2)41-31(47)27-18-23(22(4)5)20-44(27)35(51)30(38(9,10)11)43-36(52)42-28(37(6,7)8)21-45-33(49)24(14-3)25(19-40-53)34(45)50/h13-14,19,22-23,26-28,30,53H,2-3,12,15-18,20-21H2,1,4-11H3,(H,39,48)(H,41,47)(H2,42,43,52)/b40-19+/t23-,26?,27+,28-,30-/m1/s1. The van der Waals surface area contributed by atoms with Crippen LogP contribution in [0.25, 0.3) is 0 Å². The molecule has 2 rings (SSSR count). The van der Waals surface area contributed by atoms with Gasteiger partial charge in [0.25, 0.3) is 17.7 Å². The molecular weight excluding hydrogens is 682 g/mol. The lowest BCUT2D eigenvalue weighted by Gasteiger charge is -2.37. The first-order chi connectivity index (χ1) is 24.6. The number of hydrogen-bond donors (Lipinski definition) is 5. The van der Waals surface area contributed by atoms with Gasteiger partial charge in [0.05, 0.1) is 36.0 Å². The Morgan fingerprint density at radius 3 is 2.09 bits per heavy atom. The highest BCUT2D eigenvalue weighted by Crippen LogP contribution is 2.33. The maximum absolute atomic E-state index is 14.5. The Kier molecular flexibility index (Phi) is 15.7. The number of urea groups is 1. The second-order valence-electron chi connectivity index (χ2n) is 16.1. The summed E-state index contributed by atoms with van der Waals surface area (Å²) >= 11 is 0. The van der Waals surface area contributed by atoms with Gasteiger partial charge in [-0.05, 0) is 35.5 Å². The van der Waals surface area contributed by atoms with Crippen molar-refractivity contribution in [3.8, 4) is 0 Å². The highest BCUT2D eigenvalue weighted by atomic mass is 16.4. The van der Waals surface area contributed by atoms with Crippen molar-refractivity contribution in [2.24, 2.45) is 27.8 Å². The van der Waals surface area contributed by atoms with Gasteiger partial charge in [-0.3, -0.25) is 33.7 Å². The fourth-order valence-corrected chi connectivity index (χ4v) is 6.22. The number of hydrogen-bond acceptors (Lipinski definition) is 9. The van der Waals surface area contributed by atoms with E-state index in [0.29, 0.717) is 12.8 Å². The van der Waals surface area contributed by atoms with Gasteiger partial charge in [-0.1, -0.05) is 99.0 Å². The normalized spacial score (nSPS) is 19.7. The van der Waals surface area contributed by atoms with Crippen molar-refractivity contribution in [1.29, 1.82) is 0 Å². The summed E-state index contributed by atoms with van der Waals surface area (Å²) in [6.45, 7) is 23.9. The van der Waals surface area contributed by atoms with Crippen molar-refractivity contribution in [2.45, 2.75) is 112 Å². The number of imide groups is 1. The van der Waals surface area contributed by atoms with E-state index in [1.54, 1.807) is 20.8 Å². The van der Waals surface area contributed by atoms with Crippen LogP contribution >= 0.6 is 0 Å². The van der Waals surface area contributed by atoms with Gasteiger partial charge in [-0.25, -0.2) is 4.79 Å². The third kappa shape index (κ3) is 11.3. The van der Waals surface area contributed by atoms with Crippen molar-refractivity contribution in [3.05, 3.63) is 36.5 Å². The van der Waals surface area contributed by atoms with Crippen molar-refractivity contribution < 1.29 is 38.8 Å². The van der Waals surface area contributed by atoms with Gasteiger partial charge in [-0.2, -0.15) is 0 Å². The zero-order valence-electron chi connectivity index (χ0n) is 32.7. The predicted molar refractivity (Wildman–Crippen MR) is 200 cm³/mol. The summed E-state index contributed by atoms with van der Waals surface area (Å²) in [5, 5.41) is 22.8. The quantitative estimate of drug-likeness (QED) is 0.0373. The lowest BCUT2D eigenvalue weighted by Crippen LogP contribution is -2.62. The first-order valence-corrected chi connectivity index (χ1v) is 18.1. The molecule has 1 unspecified atom stereocenters. The fourth-order valence-electron chi connectivity index (χ4n) is 6.22. The van der Waals surface area contributed by atoms with Gasteiger partial charge in [0.1, 0.15) is 12.1 Å². The molecule has 7 amide bonds. The average Bonchev–Trinajstić information content (AvgIpc) is 3.62. The van der Waals surface area contributed by atoms with E-state index in [9.17, 15) is 33.6 Å². The molecule has 2 heterocycles. The van der Waals surface area contributed by atoms with Crippen LogP contribution in [0.15, 0.2) is 41.6 Å². The zero-order valence-corrected chi connectivity index (χ0v) is 32.7. The van der Waals surface area contributed by atoms with Gasteiger partial charge in [0.2, 0.25) is 17.6 Å². The molecule has 2 aliphatic heterocycles. The molecule has 0 aromatic heterocycles. The van der Waals surface area contributed by atoms with Crippen molar-refractivity contribution in [1.82, 2.24) is 31.1 Å². The molecule has 1 fully saturated rings. The first-order valence-electron chi connectivity index (χ1n) is 18.1. The third-order valence-electron chi connectivity index (χ3n) is 9.71. The van der Waals surface area contributed by atoms with Crippen LogP contribution in [0.2, 0.25) is 0 Å².